The summed E-state index contributed by atoms with van der Waals surface area (Å²) in [5.41, 5.74) is 4.58. The van der Waals surface area contributed by atoms with E-state index in [0.717, 1.165) is 101 Å². The Morgan fingerprint density at radius 3 is 1.93 bits per heavy atom. The van der Waals surface area contributed by atoms with Crippen LogP contribution in [0.25, 0.3) is 0 Å². The predicted octanol–water partition coefficient (Wildman–Crippen LogP) is 9.30. The molecule has 21 heteroatoms. The molecule has 0 amide bonds. The van der Waals surface area contributed by atoms with Crippen molar-refractivity contribution in [3.05, 3.63) is 83.5 Å². The number of phosphoric ester groups is 2. The second kappa shape index (κ2) is 38.1. The van der Waals surface area contributed by atoms with Gasteiger partial charge in [0, 0.05) is 19.0 Å². The van der Waals surface area contributed by atoms with Crippen LogP contribution in [0.15, 0.2) is 77.8 Å². The molecule has 2 heterocycles. The number of rotatable bonds is 41. The maximum Gasteiger partial charge on any atom is 0.481 e. The van der Waals surface area contributed by atoms with Crippen LogP contribution >= 0.6 is 15.6 Å². The van der Waals surface area contributed by atoms with E-state index in [0.29, 0.717) is 19.3 Å². The van der Waals surface area contributed by atoms with E-state index in [1.54, 1.807) is 0 Å². The standard InChI is InChI=1S/C50H83N3O16P2/c1-3-5-7-8-9-10-11-12-13-14-19-22-25-28-31-35-46(56)67-42(38-64-45(55)34-30-27-24-21-18-16-15-17-20-23-26-29-33-41(54)32-6-4-2)39-65-70(60,61)69-71(62,63)66-40-43-47(57)48(58)49(68-43)53-37-36-44(51)52-50(53)59/h10-11,15-16,20-21,23-24,29,33,36-37,41-43,47-49,54,57-58H,3-9,12-14,17-19,22,25-28,30-32,34-35,38-40H2,1-2H3,(H,60,61)(H,62,63)(H2,51,52,59)/b11-10-,16-15-,23-20-,24-21-,33-29-/t41-,42+,43+,47+,48+,49+/m0/s1. The summed E-state index contributed by atoms with van der Waals surface area (Å²) in [5, 5.41) is 30.8. The number of unbranched alkanes of at least 4 members (excludes halogenated alkanes) is 13. The Labute approximate surface area is 420 Å². The normalized spacial score (nSPS) is 20.1. The van der Waals surface area contributed by atoms with Gasteiger partial charge in [0.05, 0.1) is 19.3 Å². The van der Waals surface area contributed by atoms with Crippen molar-refractivity contribution in [2.24, 2.45) is 0 Å². The monoisotopic (exact) mass is 1040 g/mol. The number of carbonyl (C=O) groups is 2. The van der Waals surface area contributed by atoms with Crippen LogP contribution in [0.1, 0.15) is 168 Å². The summed E-state index contributed by atoms with van der Waals surface area (Å²) >= 11 is 0. The van der Waals surface area contributed by atoms with Gasteiger partial charge in [-0.2, -0.15) is 9.29 Å². The van der Waals surface area contributed by atoms with Gasteiger partial charge in [-0.1, -0.05) is 139 Å². The highest BCUT2D eigenvalue weighted by molar-refractivity contribution is 7.61. The summed E-state index contributed by atoms with van der Waals surface area (Å²) in [6, 6.07) is 1.24. The van der Waals surface area contributed by atoms with Gasteiger partial charge in [-0.05, 0) is 76.7 Å². The molecule has 1 aliphatic heterocycles. The molecule has 2 unspecified atom stereocenters. The van der Waals surface area contributed by atoms with Crippen molar-refractivity contribution in [3.8, 4) is 0 Å². The number of nitrogens with zero attached hydrogens (tertiary/aromatic N) is 2. The van der Waals surface area contributed by atoms with E-state index in [9.17, 15) is 48.6 Å². The number of nitrogen functional groups attached to an aromatic ring is 1. The van der Waals surface area contributed by atoms with Crippen molar-refractivity contribution in [1.29, 1.82) is 0 Å². The van der Waals surface area contributed by atoms with Crippen molar-refractivity contribution in [2.45, 2.75) is 198 Å². The van der Waals surface area contributed by atoms with Gasteiger partial charge < -0.3 is 45.1 Å². The zero-order chi connectivity index (χ0) is 52.2. The predicted molar refractivity (Wildman–Crippen MR) is 272 cm³/mol. The zero-order valence-electron chi connectivity index (χ0n) is 41.9. The first-order chi connectivity index (χ1) is 34.1. The molecule has 1 aromatic heterocycles. The van der Waals surface area contributed by atoms with Crippen molar-refractivity contribution in [3.63, 3.8) is 0 Å². The van der Waals surface area contributed by atoms with Crippen LogP contribution in [-0.2, 0) is 46.3 Å². The number of aromatic nitrogens is 2. The topological polar surface area (TPSA) is 286 Å². The SMILES string of the molecule is CCCCCC/C=C\CCCCCCCCCC(=O)O[C@H](COC(=O)CCC/C=C\C/C=C\C/C=C\C/C=C\[C@@H](O)CCCC)COP(=O)(O)OP(=O)(O)OC[C@H]1O[C@@H](n2ccc(N)nc2=O)[C@H](O)[C@@H]1O. The van der Waals surface area contributed by atoms with Gasteiger partial charge in [-0.3, -0.25) is 23.2 Å². The van der Waals surface area contributed by atoms with Crippen molar-refractivity contribution in [2.75, 3.05) is 25.6 Å². The van der Waals surface area contributed by atoms with E-state index >= 15 is 0 Å². The summed E-state index contributed by atoms with van der Waals surface area (Å²) in [6.07, 6.45) is 33.5. The lowest BCUT2D eigenvalue weighted by Crippen LogP contribution is -2.36. The highest BCUT2D eigenvalue weighted by Gasteiger charge is 2.46. The third kappa shape index (κ3) is 30.9. The Bertz CT molecular complexity index is 1940. The summed E-state index contributed by atoms with van der Waals surface area (Å²) in [5.74, 6) is -1.40. The molecule has 19 nitrogen and oxygen atoms in total. The van der Waals surface area contributed by atoms with Crippen LogP contribution in [0.3, 0.4) is 0 Å². The number of hydrogen-bond donors (Lipinski definition) is 6. The number of aliphatic hydroxyl groups is 3. The highest BCUT2D eigenvalue weighted by atomic mass is 31.3. The van der Waals surface area contributed by atoms with Crippen molar-refractivity contribution >= 4 is 33.4 Å². The summed E-state index contributed by atoms with van der Waals surface area (Å²) < 4.78 is 56.7. The third-order valence-electron chi connectivity index (χ3n) is 11.1. The number of phosphoric acid groups is 2. The third-order valence-corrected chi connectivity index (χ3v) is 13.7. The van der Waals surface area contributed by atoms with E-state index in [2.05, 4.69) is 53.5 Å². The molecule has 2 rings (SSSR count). The quantitative estimate of drug-likeness (QED) is 0.0154. The molecule has 1 saturated heterocycles. The molecule has 1 aromatic rings. The number of hydrogen-bond acceptors (Lipinski definition) is 16. The van der Waals surface area contributed by atoms with E-state index < -0.39 is 83.7 Å². The molecule has 0 radical (unpaired) electrons. The van der Waals surface area contributed by atoms with Gasteiger partial charge in [0.25, 0.3) is 0 Å². The van der Waals surface area contributed by atoms with E-state index in [1.165, 1.54) is 31.7 Å². The van der Waals surface area contributed by atoms with Crippen LogP contribution in [0.4, 0.5) is 5.82 Å². The maximum atomic E-state index is 12.9. The molecule has 1 fully saturated rings. The lowest BCUT2D eigenvalue weighted by Gasteiger charge is -2.21. The molecule has 404 valence electrons. The smallest absolute Gasteiger partial charge is 0.462 e. The van der Waals surface area contributed by atoms with Gasteiger partial charge in [-0.25, -0.2) is 13.9 Å². The minimum absolute atomic E-state index is 0.0232. The largest absolute Gasteiger partial charge is 0.481 e. The number of allylic oxidation sites excluding steroid dienone is 9. The lowest BCUT2D eigenvalue weighted by atomic mass is 10.1. The summed E-state index contributed by atoms with van der Waals surface area (Å²) in [6.45, 7) is 1.92. The Morgan fingerprint density at radius 2 is 1.28 bits per heavy atom. The first kappa shape index (κ1) is 63.5. The molecule has 71 heavy (non-hydrogen) atoms. The van der Waals surface area contributed by atoms with Crippen molar-refractivity contribution < 1.29 is 71.4 Å². The van der Waals surface area contributed by atoms with Crippen LogP contribution in [0.5, 0.6) is 0 Å². The minimum atomic E-state index is -5.44. The van der Waals surface area contributed by atoms with E-state index in [-0.39, 0.29) is 24.8 Å². The number of carbonyl (C=O) groups excluding carboxylic acids is 2. The number of aliphatic hydroxyl groups excluding tert-OH is 3. The molecule has 0 aromatic carbocycles. The van der Waals surface area contributed by atoms with Gasteiger partial charge >= 0.3 is 33.3 Å². The highest BCUT2D eigenvalue weighted by Crippen LogP contribution is 2.60. The molecule has 0 spiro atoms. The number of esters is 2. The fourth-order valence-electron chi connectivity index (χ4n) is 7.14. The van der Waals surface area contributed by atoms with Gasteiger partial charge in [-0.15, -0.1) is 0 Å². The second-order valence-corrected chi connectivity index (χ2v) is 20.5. The van der Waals surface area contributed by atoms with Crippen LogP contribution in [0, 0.1) is 0 Å². The van der Waals surface area contributed by atoms with Crippen molar-refractivity contribution in [1.82, 2.24) is 9.55 Å². The minimum Gasteiger partial charge on any atom is -0.462 e. The average Bonchev–Trinajstić information content (AvgIpc) is 3.60. The number of ether oxygens (including phenoxy) is 3. The Kier molecular flexibility index (Phi) is 34.1. The van der Waals surface area contributed by atoms with Crippen LogP contribution in [-0.4, -0.2) is 96.9 Å². The Hall–Kier alpha value is -3.58. The Morgan fingerprint density at radius 1 is 0.732 bits per heavy atom. The molecular weight excluding hydrogens is 961 g/mol. The maximum absolute atomic E-state index is 12.9. The van der Waals surface area contributed by atoms with Crippen LogP contribution < -0.4 is 11.4 Å². The lowest BCUT2D eigenvalue weighted by molar-refractivity contribution is -0.161. The molecule has 7 N–H and O–H groups in total. The van der Waals surface area contributed by atoms with Gasteiger partial charge in [0.15, 0.2) is 12.3 Å². The fraction of sp³-hybridized carbons (Fsp3) is 0.680. The molecular formula is C50H83N3O16P2. The summed E-state index contributed by atoms with van der Waals surface area (Å²) in [4.78, 5) is 61.9. The molecule has 0 aliphatic carbocycles. The van der Waals surface area contributed by atoms with E-state index in [4.69, 9.17) is 29.0 Å². The molecule has 0 bridgehead atoms. The molecule has 1 aliphatic rings. The zero-order valence-corrected chi connectivity index (χ0v) is 43.7. The number of anilines is 1. The summed E-state index contributed by atoms with van der Waals surface area (Å²) in [7, 11) is -10.9. The first-order valence-electron chi connectivity index (χ1n) is 25.4. The molecule has 0 saturated carbocycles. The van der Waals surface area contributed by atoms with Crippen LogP contribution in [0.2, 0.25) is 0 Å². The second-order valence-electron chi connectivity index (χ2n) is 17.5. The first-order valence-corrected chi connectivity index (χ1v) is 28.4. The average molecular weight is 1040 g/mol. The van der Waals surface area contributed by atoms with Gasteiger partial charge in [0.2, 0.25) is 0 Å². The Balaban J connectivity index is 1.83. The number of nitrogens with two attached hydrogens (primary N) is 1. The van der Waals surface area contributed by atoms with Gasteiger partial charge in [0.1, 0.15) is 30.7 Å². The van der Waals surface area contributed by atoms with E-state index in [1.807, 2.05) is 30.4 Å². The molecule has 8 atom stereocenters. The fourth-order valence-corrected chi connectivity index (χ4v) is 9.25.